The van der Waals surface area contributed by atoms with Gasteiger partial charge in [0.05, 0.1) is 0 Å². The van der Waals surface area contributed by atoms with E-state index < -0.39 is 5.82 Å². The first-order valence-corrected chi connectivity index (χ1v) is 10.5. The third-order valence-electron chi connectivity index (χ3n) is 5.68. The van der Waals surface area contributed by atoms with Crippen LogP contribution >= 0.6 is 15.9 Å². The number of amides is 1. The first-order chi connectivity index (χ1) is 12.6. The minimum atomic E-state index is -0.468. The molecular weight excluding hydrogens is 399 g/mol. The average molecular weight is 427 g/mol. The molecule has 0 spiro atoms. The Kier molecular flexibility index (Phi) is 6.92. The van der Waals surface area contributed by atoms with E-state index >= 15 is 0 Å². The maximum absolute atomic E-state index is 13.8. The second-order valence-corrected chi connectivity index (χ2v) is 8.39. The summed E-state index contributed by atoms with van der Waals surface area (Å²) in [5.41, 5.74) is 0.0944. The van der Waals surface area contributed by atoms with Crippen molar-refractivity contribution in [1.29, 1.82) is 0 Å². The fourth-order valence-electron chi connectivity index (χ4n) is 4.23. The van der Waals surface area contributed by atoms with E-state index in [0.29, 0.717) is 11.0 Å². The molecule has 1 N–H and O–H groups in total. The molecule has 1 amide bonds. The largest absolute Gasteiger partial charge is 0.481 e. The number of hydrogen-bond donors (Lipinski definition) is 1. The number of carbonyl (C=O) groups is 1. The highest BCUT2D eigenvalue weighted by Crippen LogP contribution is 2.35. The lowest BCUT2D eigenvalue weighted by molar-refractivity contribution is -0.124. The van der Waals surface area contributed by atoms with Gasteiger partial charge in [0.1, 0.15) is 0 Å². The third-order valence-corrected chi connectivity index (χ3v) is 6.17. The van der Waals surface area contributed by atoms with Crippen LogP contribution in [0.2, 0.25) is 0 Å². The topological polar surface area (TPSA) is 41.6 Å². The zero-order valence-corrected chi connectivity index (χ0v) is 16.8. The minimum absolute atomic E-state index is 0.0944. The van der Waals surface area contributed by atoms with Crippen molar-refractivity contribution in [2.75, 3.05) is 26.2 Å². The summed E-state index contributed by atoms with van der Waals surface area (Å²) in [6, 6.07) is 4.56. The average Bonchev–Trinajstić information content (AvgIpc) is 2.67. The molecule has 4 nitrogen and oxygen atoms in total. The van der Waals surface area contributed by atoms with Crippen LogP contribution in [0.4, 0.5) is 4.39 Å². The van der Waals surface area contributed by atoms with E-state index in [4.69, 9.17) is 4.74 Å². The Bertz CT molecular complexity index is 614. The second kappa shape index (κ2) is 9.18. The number of likely N-dealkylation sites (tertiary alicyclic amines) is 1. The molecule has 1 aromatic carbocycles. The zero-order valence-electron chi connectivity index (χ0n) is 15.2. The Balaban J connectivity index is 1.53. The van der Waals surface area contributed by atoms with Crippen molar-refractivity contribution < 1.29 is 13.9 Å². The third kappa shape index (κ3) is 4.97. The van der Waals surface area contributed by atoms with E-state index in [0.717, 1.165) is 25.9 Å². The van der Waals surface area contributed by atoms with Crippen molar-refractivity contribution in [2.45, 2.75) is 56.9 Å². The molecule has 1 aliphatic carbocycles. The summed E-state index contributed by atoms with van der Waals surface area (Å²) >= 11 is 3.21. The lowest BCUT2D eigenvalue weighted by Gasteiger charge is -2.48. The van der Waals surface area contributed by atoms with Gasteiger partial charge < -0.3 is 10.1 Å². The molecule has 1 aromatic rings. The predicted molar refractivity (Wildman–Crippen MR) is 104 cm³/mol. The van der Waals surface area contributed by atoms with Crippen LogP contribution in [0, 0.1) is 5.82 Å². The molecule has 1 saturated carbocycles. The highest BCUT2D eigenvalue weighted by Gasteiger charge is 2.38. The lowest BCUT2D eigenvalue weighted by atomic mass is 9.79. The second-order valence-electron chi connectivity index (χ2n) is 7.47. The smallest absolute Gasteiger partial charge is 0.258 e. The van der Waals surface area contributed by atoms with Gasteiger partial charge in [-0.1, -0.05) is 41.6 Å². The van der Waals surface area contributed by atoms with Gasteiger partial charge in [0, 0.05) is 16.6 Å². The van der Waals surface area contributed by atoms with Crippen molar-refractivity contribution in [1.82, 2.24) is 10.2 Å². The van der Waals surface area contributed by atoms with Crippen LogP contribution in [0.1, 0.15) is 51.4 Å². The van der Waals surface area contributed by atoms with Gasteiger partial charge in [-0.3, -0.25) is 9.69 Å². The minimum Gasteiger partial charge on any atom is -0.481 e. The van der Waals surface area contributed by atoms with Crippen LogP contribution in [-0.2, 0) is 4.79 Å². The number of nitrogens with one attached hydrogen (secondary N) is 1. The molecule has 0 aromatic heterocycles. The molecular formula is C20H28BrFN2O2. The quantitative estimate of drug-likeness (QED) is 0.737. The van der Waals surface area contributed by atoms with Gasteiger partial charge >= 0.3 is 0 Å². The van der Waals surface area contributed by atoms with Crippen molar-refractivity contribution >= 4 is 21.8 Å². The molecule has 1 aliphatic heterocycles. The number of hydrogen-bond acceptors (Lipinski definition) is 3. The van der Waals surface area contributed by atoms with Crippen LogP contribution in [0.3, 0.4) is 0 Å². The van der Waals surface area contributed by atoms with E-state index in [9.17, 15) is 9.18 Å². The first-order valence-electron chi connectivity index (χ1n) is 9.69. The Morgan fingerprint density at radius 1 is 1.15 bits per heavy atom. The summed E-state index contributed by atoms with van der Waals surface area (Å²) in [6.07, 6.45) is 9.86. The van der Waals surface area contributed by atoms with Gasteiger partial charge in [0.25, 0.3) is 5.91 Å². The van der Waals surface area contributed by atoms with Crippen molar-refractivity contribution in [3.8, 4) is 5.75 Å². The van der Waals surface area contributed by atoms with E-state index in [1.807, 2.05) is 0 Å². The highest BCUT2D eigenvalue weighted by molar-refractivity contribution is 9.10. The lowest BCUT2D eigenvalue weighted by Crippen LogP contribution is -2.58. The zero-order chi connectivity index (χ0) is 18.4. The maximum atomic E-state index is 13.8. The number of halogens is 2. The Morgan fingerprint density at radius 3 is 2.54 bits per heavy atom. The fourth-order valence-corrected chi connectivity index (χ4v) is 4.57. The van der Waals surface area contributed by atoms with Gasteiger partial charge in [0.15, 0.2) is 18.2 Å². The van der Waals surface area contributed by atoms with Crippen molar-refractivity contribution in [3.63, 3.8) is 0 Å². The highest BCUT2D eigenvalue weighted by atomic mass is 79.9. The molecule has 2 aliphatic rings. The van der Waals surface area contributed by atoms with Gasteiger partial charge in [-0.2, -0.15) is 0 Å². The Morgan fingerprint density at radius 2 is 1.85 bits per heavy atom. The van der Waals surface area contributed by atoms with Gasteiger partial charge in [0.2, 0.25) is 0 Å². The number of piperidine rings is 1. The van der Waals surface area contributed by atoms with E-state index in [1.165, 1.54) is 50.7 Å². The first kappa shape index (κ1) is 19.6. The Labute approximate surface area is 163 Å². The number of rotatable bonds is 6. The van der Waals surface area contributed by atoms with Crippen molar-refractivity contribution in [2.24, 2.45) is 0 Å². The Hall–Kier alpha value is -1.14. The fraction of sp³-hybridized carbons (Fsp3) is 0.650. The molecule has 0 atom stereocenters. The molecule has 0 bridgehead atoms. The standard InChI is InChI=1S/C20H28BrFN2O2/c21-16-7-8-18(17(22)13-16)26-14-19(25)23-15-20(9-3-1-4-10-20)24-11-5-2-6-12-24/h7-8,13H,1-6,9-12,14-15H2,(H,23,25). The monoisotopic (exact) mass is 426 g/mol. The number of carbonyl (C=O) groups excluding carboxylic acids is 1. The van der Waals surface area contributed by atoms with Crippen LogP contribution in [0.25, 0.3) is 0 Å². The summed E-state index contributed by atoms with van der Waals surface area (Å²) in [6.45, 7) is 2.78. The molecule has 0 radical (unpaired) electrons. The summed E-state index contributed by atoms with van der Waals surface area (Å²) in [7, 11) is 0. The van der Waals surface area contributed by atoms with E-state index in [1.54, 1.807) is 6.07 Å². The van der Waals surface area contributed by atoms with E-state index in [2.05, 4.69) is 26.1 Å². The van der Waals surface area contributed by atoms with Gasteiger partial charge in [-0.05, 0) is 57.0 Å². The van der Waals surface area contributed by atoms with Crippen LogP contribution in [0.5, 0.6) is 5.75 Å². The maximum Gasteiger partial charge on any atom is 0.258 e. The van der Waals surface area contributed by atoms with Gasteiger partial charge in [-0.25, -0.2) is 4.39 Å². The molecule has 0 unspecified atom stereocenters. The molecule has 2 fully saturated rings. The van der Waals surface area contributed by atoms with Crippen LogP contribution < -0.4 is 10.1 Å². The number of ether oxygens (including phenoxy) is 1. The molecule has 1 heterocycles. The molecule has 3 rings (SSSR count). The van der Waals surface area contributed by atoms with Gasteiger partial charge in [-0.15, -0.1) is 0 Å². The summed E-state index contributed by atoms with van der Waals surface area (Å²) in [5, 5.41) is 3.05. The summed E-state index contributed by atoms with van der Waals surface area (Å²) in [5.74, 6) is -0.551. The molecule has 1 saturated heterocycles. The van der Waals surface area contributed by atoms with Crippen LogP contribution in [0.15, 0.2) is 22.7 Å². The SMILES string of the molecule is O=C(COc1ccc(Br)cc1F)NCC1(N2CCCCC2)CCCCC1. The predicted octanol–water partition coefficient (Wildman–Crippen LogP) is 4.27. The molecule has 6 heteroatoms. The van der Waals surface area contributed by atoms with Crippen molar-refractivity contribution in [3.05, 3.63) is 28.5 Å². The molecule has 26 heavy (non-hydrogen) atoms. The summed E-state index contributed by atoms with van der Waals surface area (Å²) in [4.78, 5) is 14.9. The normalized spacial score (nSPS) is 20.5. The van der Waals surface area contributed by atoms with E-state index in [-0.39, 0.29) is 23.8 Å². The summed E-state index contributed by atoms with van der Waals surface area (Å²) < 4.78 is 19.8. The number of benzene rings is 1. The van der Waals surface area contributed by atoms with Crippen LogP contribution in [-0.4, -0.2) is 42.6 Å². The number of nitrogens with zero attached hydrogens (tertiary/aromatic N) is 1. The molecule has 144 valence electrons.